The maximum absolute atomic E-state index is 14.1. The molecule has 0 saturated heterocycles. The van der Waals surface area contributed by atoms with Crippen LogP contribution in [0.4, 0.5) is 0 Å². The number of halogens is 1. The Morgan fingerprint density at radius 3 is 1.61 bits per heavy atom. The van der Waals surface area contributed by atoms with Crippen molar-refractivity contribution in [3.05, 3.63) is 99.0 Å². The maximum Gasteiger partial charge on any atom is 0.242 e. The van der Waals surface area contributed by atoms with Crippen LogP contribution in [0.3, 0.4) is 0 Å². The van der Waals surface area contributed by atoms with Crippen molar-refractivity contribution in [2.45, 2.75) is 70.2 Å². The molecule has 5 heteroatoms. The molecule has 0 amide bonds. The van der Waals surface area contributed by atoms with Crippen molar-refractivity contribution in [3.63, 3.8) is 0 Å². The van der Waals surface area contributed by atoms with E-state index in [1.165, 1.54) is 5.56 Å². The highest BCUT2D eigenvalue weighted by Gasteiger charge is 2.30. The molecule has 0 aliphatic rings. The van der Waals surface area contributed by atoms with Crippen LogP contribution in [-0.4, -0.2) is 8.42 Å². The standard InChI is InChI=1S/C28H34BrNO2S/c1-18(2)23-16-25(19(3)4)28(26(17-23)20(5)6)33(31,32)30-27(21-10-8-7-9-11-21)22-12-14-24(29)15-13-22/h7-20,27,30H,1-6H3/t27-/m0/s1. The summed E-state index contributed by atoms with van der Waals surface area (Å²) in [5.41, 5.74) is 4.72. The molecule has 3 nitrogen and oxygen atoms in total. The Labute approximate surface area is 207 Å². The van der Waals surface area contributed by atoms with Gasteiger partial charge in [-0.05, 0) is 57.7 Å². The molecule has 0 fully saturated rings. The normalized spacial score (nSPS) is 13.2. The largest absolute Gasteiger partial charge is 0.242 e. The molecule has 0 unspecified atom stereocenters. The molecule has 0 aliphatic heterocycles. The summed E-state index contributed by atoms with van der Waals surface area (Å²) >= 11 is 3.48. The highest BCUT2D eigenvalue weighted by molar-refractivity contribution is 9.10. The Kier molecular flexibility index (Phi) is 8.20. The second-order valence-corrected chi connectivity index (χ2v) is 12.1. The van der Waals surface area contributed by atoms with Crippen LogP contribution in [0.5, 0.6) is 0 Å². The molecule has 3 aromatic carbocycles. The van der Waals surface area contributed by atoms with Gasteiger partial charge >= 0.3 is 0 Å². The second kappa shape index (κ2) is 10.5. The smallest absolute Gasteiger partial charge is 0.207 e. The van der Waals surface area contributed by atoms with Gasteiger partial charge in [0.15, 0.2) is 0 Å². The third kappa shape index (κ3) is 5.95. The van der Waals surface area contributed by atoms with Gasteiger partial charge in [0.2, 0.25) is 10.0 Å². The summed E-state index contributed by atoms with van der Waals surface area (Å²) in [5.74, 6) is 0.482. The zero-order chi connectivity index (χ0) is 24.3. The first kappa shape index (κ1) is 25.7. The maximum atomic E-state index is 14.1. The average Bonchev–Trinajstić information content (AvgIpc) is 2.77. The van der Waals surface area contributed by atoms with E-state index < -0.39 is 16.1 Å². The van der Waals surface area contributed by atoms with E-state index in [9.17, 15) is 8.42 Å². The monoisotopic (exact) mass is 527 g/mol. The summed E-state index contributed by atoms with van der Waals surface area (Å²) in [6, 6.07) is 21.2. The molecule has 0 saturated carbocycles. The van der Waals surface area contributed by atoms with E-state index in [1.807, 2.05) is 54.6 Å². The van der Waals surface area contributed by atoms with E-state index in [2.05, 4.69) is 74.3 Å². The van der Waals surface area contributed by atoms with Gasteiger partial charge in [0.25, 0.3) is 0 Å². The van der Waals surface area contributed by atoms with Gasteiger partial charge in [-0.25, -0.2) is 8.42 Å². The van der Waals surface area contributed by atoms with Gasteiger partial charge < -0.3 is 0 Å². The minimum atomic E-state index is -3.82. The van der Waals surface area contributed by atoms with Crippen LogP contribution < -0.4 is 4.72 Å². The van der Waals surface area contributed by atoms with Gasteiger partial charge in [0, 0.05) is 4.47 Å². The van der Waals surface area contributed by atoms with Gasteiger partial charge in [0.1, 0.15) is 0 Å². The number of rotatable bonds is 8. The number of nitrogens with one attached hydrogen (secondary N) is 1. The lowest BCUT2D eigenvalue weighted by atomic mass is 9.89. The summed E-state index contributed by atoms with van der Waals surface area (Å²) in [7, 11) is -3.82. The molecule has 0 heterocycles. The van der Waals surface area contributed by atoms with Gasteiger partial charge in [-0.3, -0.25) is 0 Å². The molecule has 0 bridgehead atoms. The van der Waals surface area contributed by atoms with Gasteiger partial charge in [-0.2, -0.15) is 4.72 Å². The number of benzene rings is 3. The fourth-order valence-electron chi connectivity index (χ4n) is 4.04. The molecule has 1 N–H and O–H groups in total. The first-order valence-electron chi connectivity index (χ1n) is 11.5. The Balaban J connectivity index is 2.20. The first-order valence-corrected chi connectivity index (χ1v) is 13.8. The summed E-state index contributed by atoms with van der Waals surface area (Å²) in [4.78, 5) is 0.426. The Morgan fingerprint density at radius 1 is 0.667 bits per heavy atom. The molecule has 0 spiro atoms. The first-order chi connectivity index (χ1) is 15.5. The Morgan fingerprint density at radius 2 is 1.15 bits per heavy atom. The van der Waals surface area contributed by atoms with Crippen molar-refractivity contribution < 1.29 is 8.42 Å². The van der Waals surface area contributed by atoms with Crippen molar-refractivity contribution in [1.82, 2.24) is 4.72 Å². The SMILES string of the molecule is CC(C)c1cc(C(C)C)c(S(=O)(=O)N[C@@H](c2ccccc2)c2ccc(Br)cc2)c(C(C)C)c1. The van der Waals surface area contributed by atoms with E-state index in [0.717, 1.165) is 26.7 Å². The zero-order valence-corrected chi connectivity index (χ0v) is 22.7. The molecule has 176 valence electrons. The quantitative estimate of drug-likeness (QED) is 0.323. The van der Waals surface area contributed by atoms with Crippen LogP contribution in [0.2, 0.25) is 0 Å². The molecular weight excluding hydrogens is 494 g/mol. The minimum Gasteiger partial charge on any atom is -0.207 e. The van der Waals surface area contributed by atoms with Crippen molar-refractivity contribution in [2.24, 2.45) is 0 Å². The highest BCUT2D eigenvalue weighted by Crippen LogP contribution is 2.36. The van der Waals surface area contributed by atoms with E-state index in [4.69, 9.17) is 0 Å². The topological polar surface area (TPSA) is 46.2 Å². The van der Waals surface area contributed by atoms with Crippen molar-refractivity contribution >= 4 is 26.0 Å². The molecule has 3 rings (SSSR count). The fraction of sp³-hybridized carbons (Fsp3) is 0.357. The molecule has 3 aromatic rings. The molecule has 33 heavy (non-hydrogen) atoms. The van der Waals surface area contributed by atoms with Crippen molar-refractivity contribution in [3.8, 4) is 0 Å². The molecule has 1 atom stereocenters. The molecule has 0 aromatic heterocycles. The lowest BCUT2D eigenvalue weighted by molar-refractivity contribution is 0.567. The zero-order valence-electron chi connectivity index (χ0n) is 20.3. The predicted octanol–water partition coefficient (Wildman–Crippen LogP) is 7.89. The summed E-state index contributed by atoms with van der Waals surface area (Å²) < 4.78 is 32.1. The third-order valence-electron chi connectivity index (χ3n) is 5.96. The van der Waals surface area contributed by atoms with Crippen molar-refractivity contribution in [2.75, 3.05) is 0 Å². The summed E-state index contributed by atoms with van der Waals surface area (Å²) in [6.07, 6.45) is 0. The Bertz CT molecular complexity index is 1160. The van der Waals surface area contributed by atoms with Gasteiger partial charge in [-0.15, -0.1) is 0 Å². The molecule has 0 radical (unpaired) electrons. The van der Waals surface area contributed by atoms with Crippen LogP contribution in [0.25, 0.3) is 0 Å². The number of hydrogen-bond donors (Lipinski definition) is 1. The van der Waals surface area contributed by atoms with E-state index in [0.29, 0.717) is 10.8 Å². The molecular formula is C28H34BrNO2S. The third-order valence-corrected chi connectivity index (χ3v) is 8.04. The summed E-state index contributed by atoms with van der Waals surface area (Å²) in [5, 5.41) is 0. The van der Waals surface area contributed by atoms with E-state index >= 15 is 0 Å². The average molecular weight is 529 g/mol. The lowest BCUT2D eigenvalue weighted by Crippen LogP contribution is -2.31. The highest BCUT2D eigenvalue weighted by atomic mass is 79.9. The molecule has 0 aliphatic carbocycles. The lowest BCUT2D eigenvalue weighted by Gasteiger charge is -2.26. The van der Waals surface area contributed by atoms with Crippen molar-refractivity contribution in [1.29, 1.82) is 0 Å². The number of sulfonamides is 1. The number of hydrogen-bond acceptors (Lipinski definition) is 2. The predicted molar refractivity (Wildman–Crippen MR) is 141 cm³/mol. The van der Waals surface area contributed by atoms with Crippen LogP contribution in [0, 0.1) is 0 Å². The van der Waals surface area contributed by atoms with E-state index in [-0.39, 0.29) is 11.8 Å². The van der Waals surface area contributed by atoms with Gasteiger partial charge in [-0.1, -0.05) is 112 Å². The van der Waals surface area contributed by atoms with E-state index in [1.54, 1.807) is 0 Å². The Hall–Kier alpha value is -1.95. The fourth-order valence-corrected chi connectivity index (χ4v) is 6.22. The van der Waals surface area contributed by atoms with Gasteiger partial charge in [0.05, 0.1) is 10.9 Å². The minimum absolute atomic E-state index is 0.0793. The second-order valence-electron chi connectivity index (χ2n) is 9.51. The van der Waals surface area contributed by atoms with Crippen LogP contribution in [0.15, 0.2) is 76.1 Å². The van der Waals surface area contributed by atoms with Crippen LogP contribution >= 0.6 is 15.9 Å². The van der Waals surface area contributed by atoms with Crippen LogP contribution in [0.1, 0.15) is 93.2 Å². The summed E-state index contributed by atoms with van der Waals surface area (Å²) in [6.45, 7) is 12.5. The van der Waals surface area contributed by atoms with Crippen LogP contribution in [-0.2, 0) is 10.0 Å².